The van der Waals surface area contributed by atoms with Gasteiger partial charge in [-0.1, -0.05) is 24.3 Å². The number of para-hydroxylation sites is 1. The zero-order valence-electron chi connectivity index (χ0n) is 13.8. The van der Waals surface area contributed by atoms with Crippen molar-refractivity contribution in [3.05, 3.63) is 71.9 Å². The highest BCUT2D eigenvalue weighted by Gasteiger charge is 2.08. The van der Waals surface area contributed by atoms with E-state index in [2.05, 4.69) is 20.2 Å². The van der Waals surface area contributed by atoms with Gasteiger partial charge in [-0.25, -0.2) is 10.4 Å². The van der Waals surface area contributed by atoms with Gasteiger partial charge < -0.3 is 4.74 Å². The van der Waals surface area contributed by atoms with E-state index < -0.39 is 12.5 Å². The molecule has 1 N–H and O–H groups in total. The molecule has 0 aliphatic carbocycles. The number of benzene rings is 2. The molecule has 3 rings (SSSR count). The molecule has 0 radical (unpaired) electrons. The fourth-order valence-electron chi connectivity index (χ4n) is 2.33. The van der Waals surface area contributed by atoms with E-state index in [1.54, 1.807) is 25.1 Å². The van der Waals surface area contributed by atoms with Crippen LogP contribution in [0.5, 0.6) is 5.75 Å². The summed E-state index contributed by atoms with van der Waals surface area (Å²) in [6.07, 6.45) is 0. The molecule has 1 heterocycles. The molecule has 0 unspecified atom stereocenters. The average Bonchev–Trinajstić information content (AvgIpc) is 2.65. The van der Waals surface area contributed by atoms with E-state index in [1.807, 2.05) is 30.3 Å². The first kappa shape index (κ1) is 17.5. The van der Waals surface area contributed by atoms with Crippen LogP contribution in [0.25, 0.3) is 10.9 Å². The zero-order chi connectivity index (χ0) is 18.5. The fourth-order valence-corrected chi connectivity index (χ4v) is 2.33. The number of carbonyl (C=O) groups excluding carboxylic acids is 1. The first-order valence-corrected chi connectivity index (χ1v) is 7.78. The second-order valence-corrected chi connectivity index (χ2v) is 5.43. The summed E-state index contributed by atoms with van der Waals surface area (Å²) >= 11 is 0. The second kappa shape index (κ2) is 7.69. The smallest absolute Gasteiger partial charge is 0.387 e. The normalized spacial score (nSPS) is 11.6. The number of alkyl halides is 2. The zero-order valence-corrected chi connectivity index (χ0v) is 13.8. The lowest BCUT2D eigenvalue weighted by Crippen LogP contribution is -2.20. The minimum Gasteiger partial charge on any atom is -0.435 e. The molecule has 0 aliphatic rings. The number of aromatic nitrogens is 1. The van der Waals surface area contributed by atoms with Crippen molar-refractivity contribution in [1.82, 2.24) is 10.4 Å². The van der Waals surface area contributed by atoms with Gasteiger partial charge in [0.15, 0.2) is 0 Å². The van der Waals surface area contributed by atoms with E-state index in [0.29, 0.717) is 11.3 Å². The van der Waals surface area contributed by atoms with Crippen LogP contribution in [0.4, 0.5) is 8.78 Å². The van der Waals surface area contributed by atoms with Crippen LogP contribution in [0.2, 0.25) is 0 Å². The van der Waals surface area contributed by atoms with Crippen molar-refractivity contribution in [1.29, 1.82) is 0 Å². The van der Waals surface area contributed by atoms with Gasteiger partial charge in [0.25, 0.3) is 5.91 Å². The predicted octanol–water partition coefficient (Wildman–Crippen LogP) is 3.99. The van der Waals surface area contributed by atoms with Gasteiger partial charge in [-0.3, -0.25) is 4.79 Å². The monoisotopic (exact) mass is 355 g/mol. The third kappa shape index (κ3) is 4.18. The van der Waals surface area contributed by atoms with Crippen LogP contribution in [0.15, 0.2) is 65.8 Å². The van der Waals surface area contributed by atoms with E-state index in [9.17, 15) is 13.6 Å². The number of amides is 1. The molecule has 26 heavy (non-hydrogen) atoms. The Bertz CT molecular complexity index is 956. The van der Waals surface area contributed by atoms with Crippen molar-refractivity contribution >= 4 is 22.5 Å². The Balaban J connectivity index is 1.70. The van der Waals surface area contributed by atoms with E-state index in [-0.39, 0.29) is 11.4 Å². The topological polar surface area (TPSA) is 63.6 Å². The lowest BCUT2D eigenvalue weighted by molar-refractivity contribution is -0.0498. The van der Waals surface area contributed by atoms with E-state index in [4.69, 9.17) is 0 Å². The molecule has 1 aromatic heterocycles. The number of pyridine rings is 1. The molecule has 0 spiro atoms. The summed E-state index contributed by atoms with van der Waals surface area (Å²) in [4.78, 5) is 16.5. The maximum absolute atomic E-state index is 12.2. The molecule has 7 heteroatoms. The summed E-state index contributed by atoms with van der Waals surface area (Å²) in [6, 6.07) is 16.9. The number of hydrogen-bond acceptors (Lipinski definition) is 4. The van der Waals surface area contributed by atoms with Gasteiger partial charge in [-0.2, -0.15) is 13.9 Å². The van der Waals surface area contributed by atoms with Gasteiger partial charge >= 0.3 is 6.61 Å². The molecule has 0 bridgehead atoms. The van der Waals surface area contributed by atoms with Crippen LogP contribution in [-0.2, 0) is 0 Å². The Morgan fingerprint density at radius 2 is 1.81 bits per heavy atom. The number of rotatable bonds is 5. The van der Waals surface area contributed by atoms with Gasteiger partial charge in [-0.15, -0.1) is 0 Å². The number of ether oxygens (including phenoxy) is 1. The number of nitrogens with one attached hydrogen (secondary N) is 1. The van der Waals surface area contributed by atoms with Crippen LogP contribution in [0, 0.1) is 0 Å². The molecule has 5 nitrogen and oxygen atoms in total. The minimum absolute atomic E-state index is 0.0564. The predicted molar refractivity (Wildman–Crippen MR) is 94.5 cm³/mol. The number of fused-ring (bicyclic) bond motifs is 1. The summed E-state index contributed by atoms with van der Waals surface area (Å²) in [5, 5.41) is 4.97. The van der Waals surface area contributed by atoms with Crippen LogP contribution in [0.3, 0.4) is 0 Å². The molecule has 0 fully saturated rings. The quantitative estimate of drug-likeness (QED) is 0.556. The van der Waals surface area contributed by atoms with Crippen LogP contribution in [0.1, 0.15) is 23.0 Å². The van der Waals surface area contributed by atoms with Crippen molar-refractivity contribution < 1.29 is 18.3 Å². The highest BCUT2D eigenvalue weighted by molar-refractivity contribution is 6.01. The van der Waals surface area contributed by atoms with Gasteiger partial charge in [-0.05, 0) is 48.9 Å². The number of halogens is 2. The molecular weight excluding hydrogens is 340 g/mol. The van der Waals surface area contributed by atoms with E-state index in [0.717, 1.165) is 10.9 Å². The molecule has 0 saturated heterocycles. The second-order valence-electron chi connectivity index (χ2n) is 5.43. The Hall–Kier alpha value is -3.35. The lowest BCUT2D eigenvalue weighted by Gasteiger charge is -2.06. The fraction of sp³-hybridized carbons (Fsp3) is 0.105. The molecule has 132 valence electrons. The van der Waals surface area contributed by atoms with Gasteiger partial charge in [0.2, 0.25) is 0 Å². The largest absolute Gasteiger partial charge is 0.435 e. The highest BCUT2D eigenvalue weighted by atomic mass is 19.3. The summed E-state index contributed by atoms with van der Waals surface area (Å²) in [5.41, 5.74) is 4.59. The van der Waals surface area contributed by atoms with Crippen molar-refractivity contribution in [3.8, 4) is 5.75 Å². The Morgan fingerprint density at radius 1 is 1.08 bits per heavy atom. The lowest BCUT2D eigenvalue weighted by atomic mass is 10.1. The summed E-state index contributed by atoms with van der Waals surface area (Å²) < 4.78 is 28.6. The summed E-state index contributed by atoms with van der Waals surface area (Å²) in [7, 11) is 0. The first-order valence-electron chi connectivity index (χ1n) is 7.78. The SMILES string of the molecule is C/C(=N\NC(=O)c1ccc2ccccc2n1)c1ccc(OC(F)F)cc1. The van der Waals surface area contributed by atoms with Crippen LogP contribution >= 0.6 is 0 Å². The van der Waals surface area contributed by atoms with Crippen molar-refractivity contribution in [2.24, 2.45) is 5.10 Å². The standard InChI is InChI=1S/C19H15F2N3O2/c1-12(13-6-9-15(10-7-13)26-19(20)21)23-24-18(25)17-11-8-14-4-2-3-5-16(14)22-17/h2-11,19H,1H3,(H,24,25)/b23-12+. The summed E-state index contributed by atoms with van der Waals surface area (Å²) in [6.45, 7) is -1.18. The van der Waals surface area contributed by atoms with Crippen molar-refractivity contribution in [2.75, 3.05) is 0 Å². The molecule has 1 amide bonds. The third-order valence-corrected chi connectivity index (χ3v) is 3.65. The Labute approximate surface area is 148 Å². The minimum atomic E-state index is -2.87. The number of hydrazone groups is 1. The van der Waals surface area contributed by atoms with Crippen LogP contribution < -0.4 is 10.2 Å². The first-order chi connectivity index (χ1) is 12.5. The maximum Gasteiger partial charge on any atom is 0.387 e. The number of nitrogens with zero attached hydrogens (tertiary/aromatic N) is 2. The van der Waals surface area contributed by atoms with Gasteiger partial charge in [0, 0.05) is 5.39 Å². The Kier molecular flexibility index (Phi) is 5.17. The molecule has 0 aliphatic heterocycles. The average molecular weight is 355 g/mol. The third-order valence-electron chi connectivity index (χ3n) is 3.65. The number of hydrogen-bond donors (Lipinski definition) is 1. The maximum atomic E-state index is 12.2. The van der Waals surface area contributed by atoms with E-state index >= 15 is 0 Å². The Morgan fingerprint density at radius 3 is 2.54 bits per heavy atom. The number of carbonyl (C=O) groups is 1. The summed E-state index contributed by atoms with van der Waals surface area (Å²) in [5.74, 6) is -0.381. The molecule has 2 aromatic carbocycles. The molecule has 0 saturated carbocycles. The molecular formula is C19H15F2N3O2. The van der Waals surface area contributed by atoms with Gasteiger partial charge in [0.05, 0.1) is 11.2 Å². The highest BCUT2D eigenvalue weighted by Crippen LogP contribution is 2.15. The van der Waals surface area contributed by atoms with Crippen molar-refractivity contribution in [2.45, 2.75) is 13.5 Å². The van der Waals surface area contributed by atoms with Gasteiger partial charge in [0.1, 0.15) is 11.4 Å². The van der Waals surface area contributed by atoms with Crippen LogP contribution in [-0.4, -0.2) is 23.2 Å². The molecule has 3 aromatic rings. The molecule has 0 atom stereocenters. The van der Waals surface area contributed by atoms with Crippen molar-refractivity contribution in [3.63, 3.8) is 0 Å². The van der Waals surface area contributed by atoms with E-state index in [1.165, 1.54) is 12.1 Å².